The molecule has 0 bridgehead atoms. The van der Waals surface area contributed by atoms with E-state index in [0.29, 0.717) is 23.1 Å². The molecule has 1 fully saturated rings. The van der Waals surface area contributed by atoms with Gasteiger partial charge in [-0.2, -0.15) is 0 Å². The van der Waals surface area contributed by atoms with Crippen molar-refractivity contribution in [1.29, 1.82) is 0 Å². The van der Waals surface area contributed by atoms with Gasteiger partial charge >= 0.3 is 6.09 Å². The minimum absolute atomic E-state index is 0.0310. The first kappa shape index (κ1) is 20.9. The van der Waals surface area contributed by atoms with E-state index in [-0.39, 0.29) is 11.6 Å². The lowest BCUT2D eigenvalue weighted by Gasteiger charge is -2.31. The highest BCUT2D eigenvalue weighted by Crippen LogP contribution is 2.53. The SMILES string of the molecule is Cc1ccc(NC(=O)Oc2ccc3c(c2)[C@]2(Cc4ccccc4)CCO[C@@H]2N3C)cc1Cl. The number of hydrogen-bond acceptors (Lipinski definition) is 4. The minimum Gasteiger partial charge on any atom is -0.410 e. The fraction of sp³-hybridized carbons (Fsp3) is 0.269. The Bertz CT molecular complexity index is 1170. The number of anilines is 2. The zero-order valence-corrected chi connectivity index (χ0v) is 18.9. The van der Waals surface area contributed by atoms with Crippen LogP contribution in [0.2, 0.25) is 5.02 Å². The number of carbonyl (C=O) groups is 1. The molecule has 2 atom stereocenters. The highest BCUT2D eigenvalue weighted by Gasteiger charge is 2.54. The Kier molecular flexibility index (Phi) is 5.31. The molecule has 3 aromatic carbocycles. The van der Waals surface area contributed by atoms with Crippen LogP contribution >= 0.6 is 11.6 Å². The van der Waals surface area contributed by atoms with Crippen LogP contribution in [0.3, 0.4) is 0 Å². The lowest BCUT2D eigenvalue weighted by atomic mass is 9.74. The van der Waals surface area contributed by atoms with Crippen LogP contribution in [-0.4, -0.2) is 26.0 Å². The van der Waals surface area contributed by atoms with Crippen molar-refractivity contribution in [1.82, 2.24) is 0 Å². The van der Waals surface area contributed by atoms with Crippen LogP contribution in [0, 0.1) is 6.92 Å². The molecule has 32 heavy (non-hydrogen) atoms. The first-order valence-corrected chi connectivity index (χ1v) is 11.1. The molecule has 0 aromatic heterocycles. The molecule has 1 saturated heterocycles. The second-order valence-corrected chi connectivity index (χ2v) is 8.97. The summed E-state index contributed by atoms with van der Waals surface area (Å²) in [7, 11) is 2.07. The average molecular weight is 449 g/mol. The third-order valence-corrected chi connectivity index (χ3v) is 6.93. The molecule has 1 amide bonds. The molecule has 5 rings (SSSR count). The van der Waals surface area contributed by atoms with Gasteiger partial charge in [-0.1, -0.05) is 48.0 Å². The number of rotatable bonds is 4. The molecule has 0 radical (unpaired) electrons. The first-order valence-electron chi connectivity index (χ1n) is 10.7. The number of nitrogens with one attached hydrogen (secondary N) is 1. The van der Waals surface area contributed by atoms with Gasteiger partial charge in [0.05, 0.1) is 6.61 Å². The fourth-order valence-electron chi connectivity index (χ4n) is 4.95. The summed E-state index contributed by atoms with van der Waals surface area (Å²) >= 11 is 6.16. The van der Waals surface area contributed by atoms with E-state index in [1.165, 1.54) is 5.56 Å². The van der Waals surface area contributed by atoms with Gasteiger partial charge in [-0.15, -0.1) is 0 Å². The Morgan fingerprint density at radius 1 is 1.19 bits per heavy atom. The van der Waals surface area contributed by atoms with Crippen molar-refractivity contribution < 1.29 is 14.3 Å². The molecule has 6 heteroatoms. The summed E-state index contributed by atoms with van der Waals surface area (Å²) in [4.78, 5) is 14.7. The molecule has 2 aliphatic rings. The van der Waals surface area contributed by atoms with Gasteiger partial charge < -0.3 is 14.4 Å². The Labute approximate surface area is 192 Å². The maximum Gasteiger partial charge on any atom is 0.417 e. The van der Waals surface area contributed by atoms with E-state index in [4.69, 9.17) is 21.1 Å². The van der Waals surface area contributed by atoms with Crippen LogP contribution < -0.4 is 15.0 Å². The molecule has 5 nitrogen and oxygen atoms in total. The molecule has 2 aliphatic heterocycles. The molecule has 164 valence electrons. The Morgan fingerprint density at radius 3 is 2.78 bits per heavy atom. The van der Waals surface area contributed by atoms with Crippen molar-refractivity contribution >= 4 is 29.1 Å². The standard InChI is InChI=1S/C26H25ClN2O3/c1-17-8-9-19(14-22(17)27)28-25(30)32-20-10-11-23-21(15-20)26(12-13-31-24(26)29(23)2)16-18-6-4-3-5-7-18/h3-11,14-15,24H,12-13,16H2,1-2H3,(H,28,30)/t24-,26+/m0/s1. The lowest BCUT2D eigenvalue weighted by molar-refractivity contribution is 0.0875. The van der Waals surface area contributed by atoms with E-state index in [1.807, 2.05) is 37.3 Å². The normalized spacial score (nSPS) is 21.2. The second-order valence-electron chi connectivity index (χ2n) is 8.56. The predicted octanol–water partition coefficient (Wildman–Crippen LogP) is 5.94. The first-order chi connectivity index (χ1) is 15.5. The van der Waals surface area contributed by atoms with E-state index in [0.717, 1.165) is 29.7 Å². The number of fused-ring (bicyclic) bond motifs is 3. The molecular weight excluding hydrogens is 424 g/mol. The van der Waals surface area contributed by atoms with E-state index >= 15 is 0 Å². The largest absolute Gasteiger partial charge is 0.417 e. The number of likely N-dealkylation sites (N-methyl/N-ethyl adjacent to an activating group) is 1. The van der Waals surface area contributed by atoms with Gasteiger partial charge in [0.2, 0.25) is 0 Å². The van der Waals surface area contributed by atoms with Gasteiger partial charge in [0.25, 0.3) is 0 Å². The summed E-state index contributed by atoms with van der Waals surface area (Å²) in [5.41, 5.74) is 4.91. The summed E-state index contributed by atoms with van der Waals surface area (Å²) in [6.07, 6.45) is 1.21. The zero-order chi connectivity index (χ0) is 22.3. The number of carbonyl (C=O) groups excluding carboxylic acids is 1. The smallest absolute Gasteiger partial charge is 0.410 e. The fourth-order valence-corrected chi connectivity index (χ4v) is 5.13. The van der Waals surface area contributed by atoms with E-state index in [9.17, 15) is 4.79 Å². The Balaban J connectivity index is 1.41. The zero-order valence-electron chi connectivity index (χ0n) is 18.1. The van der Waals surface area contributed by atoms with E-state index in [1.54, 1.807) is 12.1 Å². The van der Waals surface area contributed by atoms with Crippen molar-refractivity contribution in [3.63, 3.8) is 0 Å². The number of amides is 1. The Morgan fingerprint density at radius 2 is 2.00 bits per heavy atom. The van der Waals surface area contributed by atoms with E-state index in [2.05, 4.69) is 41.5 Å². The van der Waals surface area contributed by atoms with Crippen LogP contribution in [0.25, 0.3) is 0 Å². The summed E-state index contributed by atoms with van der Waals surface area (Å²) in [5.74, 6) is 0.507. The molecule has 0 saturated carbocycles. The average Bonchev–Trinajstić information content (AvgIpc) is 3.29. The molecule has 0 unspecified atom stereocenters. The van der Waals surface area contributed by atoms with Crippen molar-refractivity contribution in [2.24, 2.45) is 0 Å². The van der Waals surface area contributed by atoms with Crippen LogP contribution in [0.4, 0.5) is 16.2 Å². The van der Waals surface area contributed by atoms with Gasteiger partial charge in [0, 0.05) is 28.9 Å². The van der Waals surface area contributed by atoms with Gasteiger partial charge in [0.15, 0.2) is 0 Å². The molecule has 0 spiro atoms. The molecule has 3 aromatic rings. The number of ether oxygens (including phenoxy) is 2. The molecule has 2 heterocycles. The van der Waals surface area contributed by atoms with Crippen LogP contribution in [0.15, 0.2) is 66.7 Å². The van der Waals surface area contributed by atoms with Gasteiger partial charge in [-0.05, 0) is 66.8 Å². The summed E-state index contributed by atoms with van der Waals surface area (Å²) in [5, 5.41) is 3.35. The van der Waals surface area contributed by atoms with Crippen molar-refractivity contribution in [2.75, 3.05) is 23.9 Å². The van der Waals surface area contributed by atoms with Crippen molar-refractivity contribution in [3.05, 3.63) is 88.4 Å². The maximum absolute atomic E-state index is 12.5. The second kappa shape index (κ2) is 8.15. The van der Waals surface area contributed by atoms with Crippen molar-refractivity contribution in [2.45, 2.75) is 31.4 Å². The maximum atomic E-state index is 12.5. The monoisotopic (exact) mass is 448 g/mol. The number of nitrogens with zero attached hydrogens (tertiary/aromatic N) is 1. The van der Waals surface area contributed by atoms with Gasteiger partial charge in [-0.3, -0.25) is 5.32 Å². The predicted molar refractivity (Wildman–Crippen MR) is 127 cm³/mol. The van der Waals surface area contributed by atoms with Crippen LogP contribution in [0.5, 0.6) is 5.75 Å². The molecular formula is C26H25ClN2O3. The third kappa shape index (κ3) is 3.61. The molecule has 0 aliphatic carbocycles. The minimum atomic E-state index is -0.549. The summed E-state index contributed by atoms with van der Waals surface area (Å²) in [6, 6.07) is 21.7. The highest BCUT2D eigenvalue weighted by atomic mass is 35.5. The molecule has 1 N–H and O–H groups in total. The summed E-state index contributed by atoms with van der Waals surface area (Å²) < 4.78 is 11.8. The van der Waals surface area contributed by atoms with Crippen LogP contribution in [-0.2, 0) is 16.6 Å². The summed E-state index contributed by atoms with van der Waals surface area (Å²) in [6.45, 7) is 2.62. The van der Waals surface area contributed by atoms with Gasteiger partial charge in [-0.25, -0.2) is 4.79 Å². The number of benzene rings is 3. The van der Waals surface area contributed by atoms with Crippen molar-refractivity contribution in [3.8, 4) is 5.75 Å². The lowest BCUT2D eigenvalue weighted by Crippen LogP contribution is -2.41. The number of halogens is 1. The van der Waals surface area contributed by atoms with E-state index < -0.39 is 6.09 Å². The number of hydrogen-bond donors (Lipinski definition) is 1. The topological polar surface area (TPSA) is 50.8 Å². The Hall–Kier alpha value is -3.02. The van der Waals surface area contributed by atoms with Gasteiger partial charge in [0.1, 0.15) is 12.0 Å². The van der Waals surface area contributed by atoms with Crippen LogP contribution in [0.1, 0.15) is 23.1 Å². The number of aryl methyl sites for hydroxylation is 1. The highest BCUT2D eigenvalue weighted by molar-refractivity contribution is 6.31. The quantitative estimate of drug-likeness (QED) is 0.537. The third-order valence-electron chi connectivity index (χ3n) is 6.52.